The molecule has 0 bridgehead atoms. The Morgan fingerprint density at radius 2 is 1.70 bits per heavy atom. The van der Waals surface area contributed by atoms with Crippen LogP contribution < -0.4 is 22.1 Å². The number of pyridine rings is 1. The number of carbonyl (C=O) groups is 3. The molecular weight excluding hydrogens is 542 g/mol. The number of hydrogen-bond donors (Lipinski definition) is 4. The van der Waals surface area contributed by atoms with Crippen LogP contribution in [0.15, 0.2) is 77.6 Å². The van der Waals surface area contributed by atoms with Crippen molar-refractivity contribution in [3.8, 4) is 0 Å². The fourth-order valence-corrected chi connectivity index (χ4v) is 4.39. The highest BCUT2D eigenvalue weighted by atomic mass is 16.2. The standard InChI is InChI=1S/C26H33N7O3.C7H8/c1-3-7-33(8-4-2)26(36)20-10-18-5-6-19(11-22(18)32-23(28)12-20)25(35)31-21-9-17(14-29-16-21)15-30-24(34)13-27;1-7-5-3-2-4-6-7/h5-6,9-11,14,16H,3-4,7-8,12-13,15,27H2,1-2H3,(H2,28,32)(H,30,34)(H,31,35);2-6H,1H3. The van der Waals surface area contributed by atoms with Crippen molar-refractivity contribution in [2.75, 3.05) is 25.0 Å². The lowest BCUT2D eigenvalue weighted by Gasteiger charge is -2.22. The monoisotopic (exact) mass is 583 g/mol. The normalized spacial score (nSPS) is 11.9. The van der Waals surface area contributed by atoms with Crippen molar-refractivity contribution in [1.82, 2.24) is 15.2 Å². The minimum absolute atomic E-state index is 0.0402. The van der Waals surface area contributed by atoms with Gasteiger partial charge in [0.25, 0.3) is 5.91 Å². The number of aromatic nitrogens is 1. The van der Waals surface area contributed by atoms with Crippen LogP contribution in [-0.4, -0.2) is 53.1 Å². The Morgan fingerprint density at radius 3 is 2.33 bits per heavy atom. The number of amides is 3. The van der Waals surface area contributed by atoms with Crippen LogP contribution in [0.4, 0.5) is 11.4 Å². The molecule has 3 amide bonds. The van der Waals surface area contributed by atoms with Crippen molar-refractivity contribution in [2.45, 2.75) is 46.6 Å². The third kappa shape index (κ3) is 10.2. The lowest BCUT2D eigenvalue weighted by atomic mass is 10.0. The maximum atomic E-state index is 13.1. The summed E-state index contributed by atoms with van der Waals surface area (Å²) in [4.78, 5) is 47.9. The van der Waals surface area contributed by atoms with Crippen LogP contribution in [-0.2, 0) is 16.1 Å². The van der Waals surface area contributed by atoms with Crippen LogP contribution in [0, 0.1) is 6.92 Å². The van der Waals surface area contributed by atoms with Gasteiger partial charge in [0.15, 0.2) is 0 Å². The Balaban J connectivity index is 0.000000633. The van der Waals surface area contributed by atoms with Crippen molar-refractivity contribution in [2.24, 2.45) is 16.5 Å². The van der Waals surface area contributed by atoms with Crippen molar-refractivity contribution in [3.63, 3.8) is 0 Å². The van der Waals surface area contributed by atoms with Gasteiger partial charge in [-0.2, -0.15) is 0 Å². The van der Waals surface area contributed by atoms with Crippen molar-refractivity contribution < 1.29 is 14.4 Å². The maximum Gasteiger partial charge on any atom is 0.255 e. The minimum atomic E-state index is -0.349. The zero-order chi connectivity index (χ0) is 31.2. The summed E-state index contributed by atoms with van der Waals surface area (Å²) in [6.07, 6.45) is 6.92. The summed E-state index contributed by atoms with van der Waals surface area (Å²) in [6, 6.07) is 17.1. The van der Waals surface area contributed by atoms with Gasteiger partial charge in [0, 0.05) is 49.0 Å². The third-order valence-corrected chi connectivity index (χ3v) is 6.48. The molecule has 43 heavy (non-hydrogen) atoms. The number of carbonyl (C=O) groups excluding carboxylic acids is 3. The summed E-state index contributed by atoms with van der Waals surface area (Å²) in [5.41, 5.74) is 16.2. The molecule has 1 aliphatic heterocycles. The van der Waals surface area contributed by atoms with E-state index in [2.05, 4.69) is 39.7 Å². The molecule has 1 aliphatic rings. The molecule has 4 rings (SSSR count). The van der Waals surface area contributed by atoms with E-state index in [1.165, 1.54) is 11.8 Å². The van der Waals surface area contributed by atoms with E-state index in [4.69, 9.17) is 11.5 Å². The molecule has 2 heterocycles. The molecule has 2 aromatic carbocycles. The van der Waals surface area contributed by atoms with Crippen LogP contribution in [0.5, 0.6) is 0 Å². The highest BCUT2D eigenvalue weighted by Crippen LogP contribution is 2.29. The Hall–Kier alpha value is -4.83. The van der Waals surface area contributed by atoms with E-state index >= 15 is 0 Å². The molecule has 226 valence electrons. The predicted octanol–water partition coefficient (Wildman–Crippen LogP) is 4.33. The van der Waals surface area contributed by atoms with E-state index in [0.717, 1.165) is 24.0 Å². The van der Waals surface area contributed by atoms with Gasteiger partial charge in [-0.25, -0.2) is 4.99 Å². The van der Waals surface area contributed by atoms with Crippen LogP contribution in [0.2, 0.25) is 0 Å². The first-order valence-electron chi connectivity index (χ1n) is 14.4. The van der Waals surface area contributed by atoms with Crippen LogP contribution >= 0.6 is 0 Å². The molecule has 0 unspecified atom stereocenters. The number of amidine groups is 1. The van der Waals surface area contributed by atoms with Crippen molar-refractivity contribution in [3.05, 3.63) is 94.8 Å². The average molecular weight is 584 g/mol. The van der Waals surface area contributed by atoms with Crippen molar-refractivity contribution in [1.29, 1.82) is 0 Å². The average Bonchev–Trinajstić information content (AvgIpc) is 3.17. The molecule has 10 heteroatoms. The van der Waals surface area contributed by atoms with Crippen LogP contribution in [0.1, 0.15) is 60.2 Å². The van der Waals surface area contributed by atoms with E-state index in [9.17, 15) is 14.4 Å². The fourth-order valence-electron chi connectivity index (χ4n) is 4.39. The Kier molecular flexibility index (Phi) is 12.6. The zero-order valence-corrected chi connectivity index (χ0v) is 25.1. The van der Waals surface area contributed by atoms with Gasteiger partial charge in [-0.05, 0) is 49.6 Å². The fraction of sp³-hybridized carbons (Fsp3) is 0.303. The van der Waals surface area contributed by atoms with Crippen LogP contribution in [0.3, 0.4) is 0 Å². The lowest BCUT2D eigenvalue weighted by Crippen LogP contribution is -2.34. The molecule has 0 radical (unpaired) electrons. The van der Waals surface area contributed by atoms with Gasteiger partial charge in [-0.15, -0.1) is 0 Å². The smallest absolute Gasteiger partial charge is 0.255 e. The van der Waals surface area contributed by atoms with Crippen molar-refractivity contribution >= 4 is 41.0 Å². The number of benzene rings is 2. The van der Waals surface area contributed by atoms with Gasteiger partial charge in [0.05, 0.1) is 24.1 Å². The maximum absolute atomic E-state index is 13.1. The summed E-state index contributed by atoms with van der Waals surface area (Å²) >= 11 is 0. The Bertz CT molecular complexity index is 1460. The molecule has 0 fully saturated rings. The lowest BCUT2D eigenvalue weighted by molar-refractivity contribution is -0.127. The highest BCUT2D eigenvalue weighted by molar-refractivity contribution is 6.07. The number of fused-ring (bicyclic) bond motifs is 1. The van der Waals surface area contributed by atoms with Gasteiger partial charge in [0.2, 0.25) is 11.8 Å². The van der Waals surface area contributed by atoms with Gasteiger partial charge in [-0.1, -0.05) is 55.8 Å². The van der Waals surface area contributed by atoms with Gasteiger partial charge < -0.3 is 27.0 Å². The summed E-state index contributed by atoms with van der Waals surface area (Å²) in [5, 5.41) is 5.47. The molecule has 0 saturated carbocycles. The molecule has 1 aromatic heterocycles. The SMILES string of the molecule is CCCN(CCC)C(=O)C1=Cc2ccc(C(=O)Nc3cncc(CNC(=O)CN)c3)cc2N=C(N)C1.Cc1ccccc1. The molecular formula is C33H41N7O3. The van der Waals surface area contributed by atoms with E-state index in [0.29, 0.717) is 41.4 Å². The number of hydrogen-bond acceptors (Lipinski definition) is 7. The van der Waals surface area contributed by atoms with Crippen LogP contribution in [0.25, 0.3) is 6.08 Å². The highest BCUT2D eigenvalue weighted by Gasteiger charge is 2.21. The summed E-state index contributed by atoms with van der Waals surface area (Å²) in [5.74, 6) is -0.355. The molecule has 0 aliphatic carbocycles. The summed E-state index contributed by atoms with van der Waals surface area (Å²) < 4.78 is 0. The molecule has 3 aromatic rings. The third-order valence-electron chi connectivity index (χ3n) is 6.48. The number of rotatable bonds is 10. The van der Waals surface area contributed by atoms with Gasteiger partial charge >= 0.3 is 0 Å². The molecule has 6 N–H and O–H groups in total. The number of nitrogens with two attached hydrogens (primary N) is 2. The quantitative estimate of drug-likeness (QED) is 0.278. The second-order valence-electron chi connectivity index (χ2n) is 10.2. The first-order chi connectivity index (χ1) is 20.7. The number of nitrogens with zero attached hydrogens (tertiary/aromatic N) is 3. The van der Waals surface area contributed by atoms with E-state index in [-0.39, 0.29) is 37.2 Å². The Labute approximate surface area is 253 Å². The van der Waals surface area contributed by atoms with Gasteiger partial charge in [-0.3, -0.25) is 19.4 Å². The second-order valence-corrected chi connectivity index (χ2v) is 10.2. The van der Waals surface area contributed by atoms with E-state index < -0.39 is 0 Å². The first-order valence-corrected chi connectivity index (χ1v) is 14.4. The van der Waals surface area contributed by atoms with E-state index in [1.807, 2.05) is 43.0 Å². The zero-order valence-electron chi connectivity index (χ0n) is 25.1. The summed E-state index contributed by atoms with van der Waals surface area (Å²) in [7, 11) is 0. The second kappa shape index (κ2) is 16.6. The minimum Gasteiger partial charge on any atom is -0.387 e. The Morgan fingerprint density at radius 1 is 0.977 bits per heavy atom. The van der Waals surface area contributed by atoms with E-state index in [1.54, 1.807) is 30.5 Å². The largest absolute Gasteiger partial charge is 0.387 e. The predicted molar refractivity (Wildman–Crippen MR) is 172 cm³/mol. The first kappa shape index (κ1) is 32.7. The number of nitrogens with one attached hydrogen (secondary N) is 2. The molecule has 0 spiro atoms. The van der Waals surface area contributed by atoms with Gasteiger partial charge in [0.1, 0.15) is 5.84 Å². The topological polar surface area (TPSA) is 156 Å². The number of anilines is 1. The molecule has 10 nitrogen and oxygen atoms in total. The number of aryl methyl sites for hydroxylation is 1. The summed E-state index contributed by atoms with van der Waals surface area (Å²) in [6.45, 7) is 7.68. The molecule has 0 atom stereocenters. The molecule has 0 saturated heterocycles. The number of aliphatic imine (C=N–C) groups is 1.